The van der Waals surface area contributed by atoms with Gasteiger partial charge in [-0.05, 0) is 38.7 Å². The number of hydrogen-bond donors (Lipinski definition) is 2. The highest BCUT2D eigenvalue weighted by Gasteiger charge is 2.04. The van der Waals surface area contributed by atoms with Crippen LogP contribution in [0.25, 0.3) is 0 Å². The van der Waals surface area contributed by atoms with Crippen molar-refractivity contribution in [2.75, 3.05) is 39.2 Å². The standard InChI is InChI=1S/C15H25NO5.CH4OS/c1-12(2)6-5-8-19-10-11-21-15(18)16-7-9-20-14(17)13(3)4;1-3-2/h1,3,5-11H2,2,4H3,(H,16,18);2H,1H3. The maximum absolute atomic E-state index is 11.2. The van der Waals surface area contributed by atoms with Crippen LogP contribution in [0.15, 0.2) is 24.3 Å². The first-order valence-corrected chi connectivity index (χ1v) is 8.66. The molecule has 0 aliphatic carbocycles. The Hall–Kier alpha value is -1.51. The lowest BCUT2D eigenvalue weighted by atomic mass is 10.2. The van der Waals surface area contributed by atoms with E-state index < -0.39 is 12.1 Å². The molecule has 24 heavy (non-hydrogen) atoms. The third kappa shape index (κ3) is 20.5. The molecule has 0 fully saturated rings. The summed E-state index contributed by atoms with van der Waals surface area (Å²) in [5, 5.41) is 2.46. The van der Waals surface area contributed by atoms with Crippen LogP contribution in [0.1, 0.15) is 26.7 Å². The Morgan fingerprint density at radius 1 is 1.08 bits per heavy atom. The maximum Gasteiger partial charge on any atom is 0.407 e. The summed E-state index contributed by atoms with van der Waals surface area (Å²) in [7, 11) is 0. The summed E-state index contributed by atoms with van der Waals surface area (Å²) in [4.78, 5) is 22.3. The van der Waals surface area contributed by atoms with Crippen molar-refractivity contribution >= 4 is 24.1 Å². The smallest absolute Gasteiger partial charge is 0.407 e. The number of ether oxygens (including phenoxy) is 3. The molecule has 0 unspecified atom stereocenters. The van der Waals surface area contributed by atoms with Gasteiger partial charge in [-0.2, -0.15) is 0 Å². The second kappa shape index (κ2) is 17.8. The average Bonchev–Trinajstić information content (AvgIpc) is 2.50. The number of nitrogens with one attached hydrogen (secondary N) is 1. The highest BCUT2D eigenvalue weighted by Crippen LogP contribution is 1.99. The minimum atomic E-state index is -0.563. The molecule has 8 heteroatoms. The topological polar surface area (TPSA) is 94.1 Å². The van der Waals surface area contributed by atoms with E-state index in [-0.39, 0.29) is 19.8 Å². The normalized spacial score (nSPS) is 9.33. The molecule has 0 saturated carbocycles. The van der Waals surface area contributed by atoms with Gasteiger partial charge in [-0.1, -0.05) is 12.2 Å². The summed E-state index contributed by atoms with van der Waals surface area (Å²) in [6.07, 6.45) is 2.88. The molecule has 140 valence electrons. The van der Waals surface area contributed by atoms with E-state index in [1.165, 1.54) is 0 Å². The third-order valence-electron chi connectivity index (χ3n) is 2.31. The number of hydrogen-bond acceptors (Lipinski definition) is 7. The van der Waals surface area contributed by atoms with Crippen molar-refractivity contribution in [1.82, 2.24) is 5.32 Å². The molecule has 0 aromatic rings. The Kier molecular flexibility index (Phi) is 18.4. The van der Waals surface area contributed by atoms with E-state index >= 15 is 0 Å². The lowest BCUT2D eigenvalue weighted by Gasteiger charge is -2.08. The van der Waals surface area contributed by atoms with Gasteiger partial charge in [0, 0.05) is 18.4 Å². The highest BCUT2D eigenvalue weighted by atomic mass is 32.2. The van der Waals surface area contributed by atoms with Crippen molar-refractivity contribution in [3.05, 3.63) is 24.3 Å². The number of carbonyl (C=O) groups is 2. The molecule has 0 aliphatic heterocycles. The second-order valence-corrected chi connectivity index (χ2v) is 5.20. The Bertz CT molecular complexity index is 387. The van der Waals surface area contributed by atoms with Gasteiger partial charge in [0.25, 0.3) is 0 Å². The van der Waals surface area contributed by atoms with Crippen LogP contribution in [0.4, 0.5) is 4.79 Å². The Balaban J connectivity index is 0. The predicted molar refractivity (Wildman–Crippen MR) is 96.1 cm³/mol. The Labute approximate surface area is 148 Å². The monoisotopic (exact) mass is 363 g/mol. The van der Waals surface area contributed by atoms with Crippen LogP contribution < -0.4 is 5.32 Å². The van der Waals surface area contributed by atoms with Gasteiger partial charge >= 0.3 is 12.1 Å². The van der Waals surface area contributed by atoms with Crippen LogP contribution in [0.5, 0.6) is 0 Å². The van der Waals surface area contributed by atoms with E-state index in [1.807, 2.05) is 6.92 Å². The molecular weight excluding hydrogens is 334 g/mol. The number of amides is 1. The zero-order valence-corrected chi connectivity index (χ0v) is 15.6. The first-order chi connectivity index (χ1) is 11.3. The van der Waals surface area contributed by atoms with E-state index in [9.17, 15) is 9.59 Å². The van der Waals surface area contributed by atoms with Crippen LogP contribution >= 0.6 is 12.0 Å². The Morgan fingerprint density at radius 2 is 1.71 bits per heavy atom. The van der Waals surface area contributed by atoms with Crippen LogP contribution in [-0.4, -0.2) is 55.8 Å². The average molecular weight is 363 g/mol. The molecule has 0 aromatic heterocycles. The molecule has 0 spiro atoms. The van der Waals surface area contributed by atoms with E-state index in [4.69, 9.17) is 18.8 Å². The number of carbonyl (C=O) groups excluding carboxylic acids is 2. The van der Waals surface area contributed by atoms with Crippen molar-refractivity contribution in [2.45, 2.75) is 26.7 Å². The minimum absolute atomic E-state index is 0.0815. The molecule has 1 amide bonds. The van der Waals surface area contributed by atoms with Crippen LogP contribution in [0.3, 0.4) is 0 Å². The summed E-state index contributed by atoms with van der Waals surface area (Å²) in [5.41, 5.74) is 1.45. The number of allylic oxidation sites excluding steroid dienone is 1. The van der Waals surface area contributed by atoms with Crippen molar-refractivity contribution in [1.29, 1.82) is 0 Å². The summed E-state index contributed by atoms with van der Waals surface area (Å²) < 4.78 is 22.5. The fraction of sp³-hybridized carbons (Fsp3) is 0.625. The fourth-order valence-corrected chi connectivity index (χ4v) is 1.24. The summed E-state index contributed by atoms with van der Waals surface area (Å²) in [6.45, 7) is 12.2. The lowest BCUT2D eigenvalue weighted by Crippen LogP contribution is -2.29. The van der Waals surface area contributed by atoms with Gasteiger partial charge in [-0.15, -0.1) is 6.58 Å². The van der Waals surface area contributed by atoms with Crippen LogP contribution in [-0.2, 0) is 19.0 Å². The zero-order valence-electron chi connectivity index (χ0n) is 14.8. The third-order valence-corrected chi connectivity index (χ3v) is 2.31. The molecule has 0 aliphatic rings. The van der Waals surface area contributed by atoms with Crippen LogP contribution in [0.2, 0.25) is 0 Å². The lowest BCUT2D eigenvalue weighted by molar-refractivity contribution is -0.138. The van der Waals surface area contributed by atoms with Gasteiger partial charge in [0.1, 0.15) is 13.2 Å². The molecule has 0 bridgehead atoms. The fourth-order valence-electron chi connectivity index (χ4n) is 1.24. The van der Waals surface area contributed by atoms with Gasteiger partial charge < -0.3 is 24.1 Å². The van der Waals surface area contributed by atoms with Crippen LogP contribution in [0, 0.1) is 0 Å². The maximum atomic E-state index is 11.2. The van der Waals surface area contributed by atoms with Gasteiger partial charge in [0.15, 0.2) is 0 Å². The van der Waals surface area contributed by atoms with Crippen molar-refractivity contribution in [3.63, 3.8) is 0 Å². The second-order valence-electron chi connectivity index (χ2n) is 4.83. The van der Waals surface area contributed by atoms with Gasteiger partial charge in [-0.25, -0.2) is 9.59 Å². The quantitative estimate of drug-likeness (QED) is 0.192. The number of alkyl carbamates (subject to hydrolysis) is 1. The number of rotatable bonds is 11. The van der Waals surface area contributed by atoms with Crippen molar-refractivity contribution < 1.29 is 28.4 Å². The molecule has 0 radical (unpaired) electrons. The zero-order chi connectivity index (χ0) is 18.8. The molecular formula is C16H29NO6S. The minimum Gasteiger partial charge on any atom is -0.460 e. The first kappa shape index (κ1) is 24.7. The molecule has 0 aromatic carbocycles. The summed E-state index contributed by atoms with van der Waals surface area (Å²) in [6, 6.07) is 0. The highest BCUT2D eigenvalue weighted by molar-refractivity contribution is 7.93. The molecule has 7 nitrogen and oxygen atoms in total. The van der Waals surface area contributed by atoms with E-state index in [0.29, 0.717) is 18.8 Å². The van der Waals surface area contributed by atoms with Crippen molar-refractivity contribution in [3.8, 4) is 0 Å². The first-order valence-electron chi connectivity index (χ1n) is 7.48. The van der Waals surface area contributed by atoms with E-state index in [1.54, 1.807) is 13.2 Å². The molecule has 2 N–H and O–H groups in total. The Morgan fingerprint density at radius 3 is 2.25 bits per heavy atom. The van der Waals surface area contributed by atoms with Crippen molar-refractivity contribution in [2.24, 2.45) is 0 Å². The van der Waals surface area contributed by atoms with E-state index in [0.717, 1.165) is 30.5 Å². The molecule has 0 rings (SSSR count). The molecule has 0 atom stereocenters. The largest absolute Gasteiger partial charge is 0.460 e. The van der Waals surface area contributed by atoms with Gasteiger partial charge in [0.2, 0.25) is 0 Å². The van der Waals surface area contributed by atoms with E-state index in [2.05, 4.69) is 18.5 Å². The van der Waals surface area contributed by atoms with Gasteiger partial charge in [0.05, 0.1) is 13.2 Å². The number of esters is 1. The summed E-state index contributed by atoms with van der Waals surface area (Å²) >= 11 is 0.750. The SMILES string of the molecule is C=C(C)CCCOCCOC(=O)NCCOC(=O)C(=C)C.CSO. The summed E-state index contributed by atoms with van der Waals surface area (Å²) in [5.74, 6) is -0.478. The van der Waals surface area contributed by atoms with Gasteiger partial charge in [-0.3, -0.25) is 0 Å². The molecule has 0 heterocycles. The molecule has 0 saturated heterocycles. The predicted octanol–water partition coefficient (Wildman–Crippen LogP) is 3.03.